The van der Waals surface area contributed by atoms with E-state index in [0.717, 1.165) is 34.1 Å². The Balaban J connectivity index is 1.27. The van der Waals surface area contributed by atoms with Gasteiger partial charge >= 0.3 is 0 Å². The SMILES string of the molecule is O=C(Cn1nnc2ccccc21)N1CCC(Oc2cccc3cccnc23)C1. The highest BCUT2D eigenvalue weighted by molar-refractivity contribution is 5.84. The lowest BCUT2D eigenvalue weighted by molar-refractivity contribution is -0.131. The van der Waals surface area contributed by atoms with E-state index in [9.17, 15) is 4.79 Å². The molecule has 2 aromatic carbocycles. The first-order chi connectivity index (χ1) is 13.8. The van der Waals surface area contributed by atoms with Crippen LogP contribution in [0.25, 0.3) is 21.9 Å². The fraction of sp³-hybridized carbons (Fsp3) is 0.238. The van der Waals surface area contributed by atoms with E-state index in [2.05, 4.69) is 15.3 Å². The van der Waals surface area contributed by atoms with E-state index < -0.39 is 0 Å². The third-order valence-corrected chi connectivity index (χ3v) is 5.09. The smallest absolute Gasteiger partial charge is 0.244 e. The molecule has 1 unspecified atom stereocenters. The Labute approximate surface area is 161 Å². The van der Waals surface area contributed by atoms with Gasteiger partial charge in [0.2, 0.25) is 5.91 Å². The van der Waals surface area contributed by atoms with Gasteiger partial charge in [-0.3, -0.25) is 9.78 Å². The van der Waals surface area contributed by atoms with Crippen molar-refractivity contribution in [3.05, 3.63) is 60.8 Å². The number of carbonyl (C=O) groups is 1. The van der Waals surface area contributed by atoms with Crippen LogP contribution >= 0.6 is 0 Å². The van der Waals surface area contributed by atoms with Gasteiger partial charge in [0.15, 0.2) is 0 Å². The number of para-hydroxylation sites is 2. The van der Waals surface area contributed by atoms with Gasteiger partial charge < -0.3 is 9.64 Å². The van der Waals surface area contributed by atoms with E-state index in [-0.39, 0.29) is 18.6 Å². The molecule has 0 spiro atoms. The molecule has 1 amide bonds. The zero-order valence-corrected chi connectivity index (χ0v) is 15.2. The minimum Gasteiger partial charge on any atom is -0.486 e. The molecule has 3 heterocycles. The molecule has 1 aliphatic rings. The molecular weight excluding hydrogens is 354 g/mol. The molecule has 7 nitrogen and oxygen atoms in total. The van der Waals surface area contributed by atoms with E-state index >= 15 is 0 Å². The second-order valence-electron chi connectivity index (χ2n) is 6.94. The Morgan fingerprint density at radius 3 is 2.96 bits per heavy atom. The van der Waals surface area contributed by atoms with Crippen LogP contribution in [0.2, 0.25) is 0 Å². The number of benzene rings is 2. The van der Waals surface area contributed by atoms with Gasteiger partial charge in [-0.05, 0) is 24.3 Å². The molecule has 0 radical (unpaired) electrons. The lowest BCUT2D eigenvalue weighted by atomic mass is 10.2. The summed E-state index contributed by atoms with van der Waals surface area (Å²) in [6.45, 7) is 1.42. The summed E-state index contributed by atoms with van der Waals surface area (Å²) in [4.78, 5) is 19.0. The quantitative estimate of drug-likeness (QED) is 0.550. The number of hydrogen-bond acceptors (Lipinski definition) is 5. The maximum Gasteiger partial charge on any atom is 0.244 e. The van der Waals surface area contributed by atoms with Crippen molar-refractivity contribution in [2.75, 3.05) is 13.1 Å². The van der Waals surface area contributed by atoms with E-state index in [4.69, 9.17) is 4.74 Å². The van der Waals surface area contributed by atoms with E-state index in [1.807, 2.05) is 59.5 Å². The highest BCUT2D eigenvalue weighted by Gasteiger charge is 2.28. The Morgan fingerprint density at radius 1 is 1.11 bits per heavy atom. The standard InChI is InChI=1S/C21H19N5O2/c27-20(14-26-18-8-2-1-7-17(18)23-24-26)25-12-10-16(13-25)28-19-9-3-5-15-6-4-11-22-21(15)19/h1-9,11,16H,10,12-14H2. The number of amides is 1. The fourth-order valence-electron chi connectivity index (χ4n) is 3.66. The summed E-state index contributed by atoms with van der Waals surface area (Å²) >= 11 is 0. The summed E-state index contributed by atoms with van der Waals surface area (Å²) in [6, 6.07) is 17.5. The number of aromatic nitrogens is 4. The molecule has 28 heavy (non-hydrogen) atoms. The van der Waals surface area contributed by atoms with Crippen molar-refractivity contribution in [1.82, 2.24) is 24.9 Å². The Kier molecular flexibility index (Phi) is 4.12. The minimum atomic E-state index is -0.0379. The van der Waals surface area contributed by atoms with Gasteiger partial charge in [0, 0.05) is 24.5 Å². The number of hydrogen-bond donors (Lipinski definition) is 0. The first-order valence-corrected chi connectivity index (χ1v) is 9.34. The maximum absolute atomic E-state index is 12.7. The second kappa shape index (κ2) is 6.92. The maximum atomic E-state index is 12.7. The average Bonchev–Trinajstić information content (AvgIpc) is 3.36. The zero-order valence-electron chi connectivity index (χ0n) is 15.2. The van der Waals surface area contributed by atoms with Crippen LogP contribution in [0.5, 0.6) is 5.75 Å². The minimum absolute atomic E-state index is 0.0257. The normalized spacial score (nSPS) is 16.7. The van der Waals surface area contributed by atoms with Crippen molar-refractivity contribution in [1.29, 1.82) is 0 Å². The van der Waals surface area contributed by atoms with Gasteiger partial charge in [-0.1, -0.05) is 35.5 Å². The van der Waals surface area contributed by atoms with Gasteiger partial charge in [0.1, 0.15) is 29.4 Å². The largest absolute Gasteiger partial charge is 0.486 e. The average molecular weight is 373 g/mol. The van der Waals surface area contributed by atoms with Gasteiger partial charge in [-0.25, -0.2) is 4.68 Å². The summed E-state index contributed by atoms with van der Waals surface area (Å²) < 4.78 is 7.84. The van der Waals surface area contributed by atoms with Crippen LogP contribution in [-0.4, -0.2) is 50.0 Å². The molecule has 2 aromatic heterocycles. The molecule has 1 atom stereocenters. The Bertz CT molecular complexity index is 1150. The van der Waals surface area contributed by atoms with Crippen molar-refractivity contribution in [2.45, 2.75) is 19.1 Å². The molecule has 1 fully saturated rings. The van der Waals surface area contributed by atoms with Crippen LogP contribution in [0.4, 0.5) is 0 Å². The van der Waals surface area contributed by atoms with Gasteiger partial charge in [-0.15, -0.1) is 5.10 Å². The molecule has 7 heteroatoms. The topological polar surface area (TPSA) is 73.1 Å². The molecule has 0 bridgehead atoms. The van der Waals surface area contributed by atoms with Crippen LogP contribution in [0.3, 0.4) is 0 Å². The lowest BCUT2D eigenvalue weighted by Gasteiger charge is -2.18. The molecule has 140 valence electrons. The zero-order chi connectivity index (χ0) is 18.9. The Morgan fingerprint density at radius 2 is 2.00 bits per heavy atom. The van der Waals surface area contributed by atoms with Crippen LogP contribution in [-0.2, 0) is 11.3 Å². The number of nitrogens with zero attached hydrogens (tertiary/aromatic N) is 5. The summed E-state index contributed by atoms with van der Waals surface area (Å²) in [6.07, 6.45) is 2.53. The van der Waals surface area contributed by atoms with E-state index in [1.165, 1.54) is 0 Å². The van der Waals surface area contributed by atoms with Crippen LogP contribution in [0.1, 0.15) is 6.42 Å². The molecule has 5 rings (SSSR count). The molecule has 0 saturated carbocycles. The van der Waals surface area contributed by atoms with Crippen molar-refractivity contribution < 1.29 is 9.53 Å². The highest BCUT2D eigenvalue weighted by Crippen LogP contribution is 2.26. The summed E-state index contributed by atoms with van der Waals surface area (Å²) in [7, 11) is 0. The first-order valence-electron chi connectivity index (χ1n) is 9.34. The van der Waals surface area contributed by atoms with Gasteiger partial charge in [0.05, 0.1) is 12.1 Å². The van der Waals surface area contributed by atoms with Crippen molar-refractivity contribution in [3.63, 3.8) is 0 Å². The predicted molar refractivity (Wildman–Crippen MR) is 105 cm³/mol. The number of carbonyl (C=O) groups excluding carboxylic acids is 1. The fourth-order valence-corrected chi connectivity index (χ4v) is 3.66. The second-order valence-corrected chi connectivity index (χ2v) is 6.94. The molecular formula is C21H19N5O2. The van der Waals surface area contributed by atoms with Gasteiger partial charge in [-0.2, -0.15) is 0 Å². The number of rotatable bonds is 4. The van der Waals surface area contributed by atoms with Crippen molar-refractivity contribution in [3.8, 4) is 5.75 Å². The van der Waals surface area contributed by atoms with Crippen LogP contribution in [0, 0.1) is 0 Å². The number of likely N-dealkylation sites (tertiary alicyclic amines) is 1. The van der Waals surface area contributed by atoms with E-state index in [1.54, 1.807) is 10.9 Å². The summed E-state index contributed by atoms with van der Waals surface area (Å²) in [5, 5.41) is 9.26. The van der Waals surface area contributed by atoms with Crippen molar-refractivity contribution >= 4 is 27.8 Å². The summed E-state index contributed by atoms with van der Waals surface area (Å²) in [5.41, 5.74) is 2.51. The van der Waals surface area contributed by atoms with Crippen LogP contribution in [0.15, 0.2) is 60.8 Å². The highest BCUT2D eigenvalue weighted by atomic mass is 16.5. The number of pyridine rings is 1. The Hall–Kier alpha value is -3.48. The third kappa shape index (κ3) is 3.05. The van der Waals surface area contributed by atoms with Gasteiger partial charge in [0.25, 0.3) is 0 Å². The molecule has 1 saturated heterocycles. The van der Waals surface area contributed by atoms with E-state index in [0.29, 0.717) is 13.1 Å². The monoisotopic (exact) mass is 373 g/mol. The predicted octanol–water partition coefficient (Wildman–Crippen LogP) is 2.66. The van der Waals surface area contributed by atoms with Crippen LogP contribution < -0.4 is 4.74 Å². The molecule has 0 aliphatic carbocycles. The number of fused-ring (bicyclic) bond motifs is 2. The molecule has 4 aromatic rings. The molecule has 1 aliphatic heterocycles. The first kappa shape index (κ1) is 16.7. The third-order valence-electron chi connectivity index (χ3n) is 5.09. The summed E-state index contributed by atoms with van der Waals surface area (Å²) in [5.74, 6) is 0.789. The number of ether oxygens (including phenoxy) is 1. The molecule has 0 N–H and O–H groups in total. The lowest BCUT2D eigenvalue weighted by Crippen LogP contribution is -2.33. The van der Waals surface area contributed by atoms with Crippen molar-refractivity contribution in [2.24, 2.45) is 0 Å².